The predicted octanol–water partition coefficient (Wildman–Crippen LogP) is 3.39. The van der Waals surface area contributed by atoms with Gasteiger partial charge in [-0.3, -0.25) is 4.98 Å². The van der Waals surface area contributed by atoms with Crippen molar-refractivity contribution in [2.45, 2.75) is 19.3 Å². The standard InChI is InChI=1S/C15H14FNO/c1-18-11-6-7-13(16)12(9-11)15-8-5-10-3-2-4-14(10)17-15/h5-9H,2-4H2,1H3. The largest absolute Gasteiger partial charge is 0.497 e. The molecule has 0 radical (unpaired) electrons. The molecule has 0 fully saturated rings. The maximum Gasteiger partial charge on any atom is 0.132 e. The molecular weight excluding hydrogens is 229 g/mol. The highest BCUT2D eigenvalue weighted by atomic mass is 19.1. The summed E-state index contributed by atoms with van der Waals surface area (Å²) in [4.78, 5) is 4.56. The molecule has 3 rings (SSSR count). The molecule has 1 heterocycles. The number of aromatic nitrogens is 1. The first-order valence-electron chi connectivity index (χ1n) is 6.10. The van der Waals surface area contributed by atoms with E-state index in [2.05, 4.69) is 11.1 Å². The molecule has 0 saturated carbocycles. The van der Waals surface area contributed by atoms with Crippen LogP contribution in [0.2, 0.25) is 0 Å². The van der Waals surface area contributed by atoms with E-state index in [4.69, 9.17) is 4.74 Å². The Balaban J connectivity index is 2.09. The van der Waals surface area contributed by atoms with Crippen LogP contribution in [0.1, 0.15) is 17.7 Å². The van der Waals surface area contributed by atoms with Crippen LogP contribution in [0.3, 0.4) is 0 Å². The molecule has 0 unspecified atom stereocenters. The van der Waals surface area contributed by atoms with Crippen LogP contribution in [-0.2, 0) is 12.8 Å². The minimum atomic E-state index is -0.263. The fourth-order valence-electron chi connectivity index (χ4n) is 2.40. The summed E-state index contributed by atoms with van der Waals surface area (Å²) in [5, 5.41) is 0. The number of hydrogen-bond acceptors (Lipinski definition) is 2. The molecule has 92 valence electrons. The zero-order valence-electron chi connectivity index (χ0n) is 10.2. The van der Waals surface area contributed by atoms with Gasteiger partial charge in [-0.15, -0.1) is 0 Å². The zero-order valence-corrected chi connectivity index (χ0v) is 10.2. The number of methoxy groups -OCH3 is 1. The Morgan fingerprint density at radius 1 is 1.17 bits per heavy atom. The lowest BCUT2D eigenvalue weighted by Gasteiger charge is -2.07. The highest BCUT2D eigenvalue weighted by Crippen LogP contribution is 2.28. The van der Waals surface area contributed by atoms with Crippen molar-refractivity contribution in [1.29, 1.82) is 0 Å². The summed E-state index contributed by atoms with van der Waals surface area (Å²) in [5.41, 5.74) is 3.59. The van der Waals surface area contributed by atoms with E-state index in [0.29, 0.717) is 17.0 Å². The number of aryl methyl sites for hydroxylation is 2. The molecular formula is C15H14FNO. The minimum Gasteiger partial charge on any atom is -0.497 e. The average Bonchev–Trinajstić information content (AvgIpc) is 2.86. The Morgan fingerprint density at radius 3 is 2.89 bits per heavy atom. The maximum absolute atomic E-state index is 13.8. The molecule has 0 saturated heterocycles. The van der Waals surface area contributed by atoms with E-state index in [1.54, 1.807) is 19.2 Å². The summed E-state index contributed by atoms with van der Waals surface area (Å²) >= 11 is 0. The highest BCUT2D eigenvalue weighted by molar-refractivity contribution is 5.62. The average molecular weight is 243 g/mol. The highest BCUT2D eigenvalue weighted by Gasteiger charge is 2.15. The summed E-state index contributed by atoms with van der Waals surface area (Å²) < 4.78 is 19.0. The van der Waals surface area contributed by atoms with Crippen LogP contribution < -0.4 is 4.74 Å². The summed E-state index contributed by atoms with van der Waals surface area (Å²) in [5.74, 6) is 0.384. The third-order valence-corrected chi connectivity index (χ3v) is 3.38. The Morgan fingerprint density at radius 2 is 2.06 bits per heavy atom. The molecule has 1 aliphatic rings. The number of rotatable bonds is 2. The molecule has 3 heteroatoms. The third-order valence-electron chi connectivity index (χ3n) is 3.38. The third kappa shape index (κ3) is 1.86. The van der Waals surface area contributed by atoms with Crippen molar-refractivity contribution in [3.8, 4) is 17.0 Å². The molecule has 0 atom stereocenters. The number of nitrogens with zero attached hydrogens (tertiary/aromatic N) is 1. The van der Waals surface area contributed by atoms with Crippen molar-refractivity contribution in [3.63, 3.8) is 0 Å². The van der Waals surface area contributed by atoms with Crippen LogP contribution in [0, 0.1) is 5.82 Å². The second kappa shape index (κ2) is 4.41. The smallest absolute Gasteiger partial charge is 0.132 e. The fraction of sp³-hybridized carbons (Fsp3) is 0.267. The van der Waals surface area contributed by atoms with Crippen LogP contribution in [0.25, 0.3) is 11.3 Å². The van der Waals surface area contributed by atoms with Gasteiger partial charge < -0.3 is 4.74 Å². The first-order valence-corrected chi connectivity index (χ1v) is 6.10. The van der Waals surface area contributed by atoms with E-state index in [9.17, 15) is 4.39 Å². The Labute approximate surface area is 105 Å². The van der Waals surface area contributed by atoms with E-state index in [1.807, 2.05) is 6.07 Å². The molecule has 0 bridgehead atoms. The first kappa shape index (κ1) is 11.2. The molecule has 1 aromatic carbocycles. The number of hydrogen-bond donors (Lipinski definition) is 0. The van der Waals surface area contributed by atoms with Gasteiger partial charge in [0.05, 0.1) is 12.8 Å². The molecule has 0 aliphatic heterocycles. The van der Waals surface area contributed by atoms with Crippen LogP contribution in [-0.4, -0.2) is 12.1 Å². The first-order chi connectivity index (χ1) is 8.78. The van der Waals surface area contributed by atoms with E-state index < -0.39 is 0 Å². The molecule has 2 nitrogen and oxygen atoms in total. The van der Waals surface area contributed by atoms with Crippen LogP contribution in [0.4, 0.5) is 4.39 Å². The van der Waals surface area contributed by atoms with Crippen molar-refractivity contribution in [2.24, 2.45) is 0 Å². The zero-order chi connectivity index (χ0) is 12.5. The van der Waals surface area contributed by atoms with Gasteiger partial charge in [-0.25, -0.2) is 4.39 Å². The van der Waals surface area contributed by atoms with Gasteiger partial charge in [-0.05, 0) is 49.1 Å². The number of benzene rings is 1. The molecule has 1 aliphatic carbocycles. The van der Waals surface area contributed by atoms with Gasteiger partial charge in [0.25, 0.3) is 0 Å². The molecule has 1 aromatic heterocycles. The van der Waals surface area contributed by atoms with Gasteiger partial charge in [0, 0.05) is 11.3 Å². The van der Waals surface area contributed by atoms with Gasteiger partial charge in [0.15, 0.2) is 0 Å². The van der Waals surface area contributed by atoms with Crippen LogP contribution in [0.15, 0.2) is 30.3 Å². The number of ether oxygens (including phenoxy) is 1. The van der Waals surface area contributed by atoms with Gasteiger partial charge in [-0.1, -0.05) is 6.07 Å². The molecule has 0 amide bonds. The lowest BCUT2D eigenvalue weighted by atomic mass is 10.1. The number of halogens is 1. The minimum absolute atomic E-state index is 0.263. The molecule has 0 spiro atoms. The van der Waals surface area contributed by atoms with Gasteiger partial charge in [-0.2, -0.15) is 0 Å². The SMILES string of the molecule is COc1ccc(F)c(-c2ccc3c(n2)CCC3)c1. The van der Waals surface area contributed by atoms with Gasteiger partial charge in [0.1, 0.15) is 11.6 Å². The van der Waals surface area contributed by atoms with E-state index in [-0.39, 0.29) is 5.82 Å². The van der Waals surface area contributed by atoms with Crippen molar-refractivity contribution < 1.29 is 9.13 Å². The van der Waals surface area contributed by atoms with E-state index in [0.717, 1.165) is 25.0 Å². The van der Waals surface area contributed by atoms with Gasteiger partial charge in [0.2, 0.25) is 0 Å². The summed E-state index contributed by atoms with van der Waals surface area (Å²) in [6.07, 6.45) is 3.23. The van der Waals surface area contributed by atoms with Gasteiger partial charge >= 0.3 is 0 Å². The predicted molar refractivity (Wildman–Crippen MR) is 68.2 cm³/mol. The second-order valence-corrected chi connectivity index (χ2v) is 4.50. The molecule has 18 heavy (non-hydrogen) atoms. The lowest BCUT2D eigenvalue weighted by molar-refractivity contribution is 0.414. The van der Waals surface area contributed by atoms with E-state index >= 15 is 0 Å². The summed E-state index contributed by atoms with van der Waals surface area (Å²) in [6.45, 7) is 0. The van der Waals surface area contributed by atoms with Crippen molar-refractivity contribution in [2.75, 3.05) is 7.11 Å². The van der Waals surface area contributed by atoms with Crippen molar-refractivity contribution in [1.82, 2.24) is 4.98 Å². The topological polar surface area (TPSA) is 22.1 Å². The Hall–Kier alpha value is -1.90. The normalized spacial score (nSPS) is 13.4. The van der Waals surface area contributed by atoms with Crippen LogP contribution >= 0.6 is 0 Å². The summed E-state index contributed by atoms with van der Waals surface area (Å²) in [6, 6.07) is 8.68. The lowest BCUT2D eigenvalue weighted by Crippen LogP contribution is -1.94. The fourth-order valence-corrected chi connectivity index (χ4v) is 2.40. The molecule has 0 N–H and O–H groups in total. The summed E-state index contributed by atoms with van der Waals surface area (Å²) in [7, 11) is 1.58. The van der Waals surface area contributed by atoms with Crippen molar-refractivity contribution in [3.05, 3.63) is 47.4 Å². The van der Waals surface area contributed by atoms with Crippen LogP contribution in [0.5, 0.6) is 5.75 Å². The number of fused-ring (bicyclic) bond motifs is 1. The Bertz CT molecular complexity index is 595. The van der Waals surface area contributed by atoms with E-state index in [1.165, 1.54) is 11.6 Å². The Kier molecular flexibility index (Phi) is 2.74. The second-order valence-electron chi connectivity index (χ2n) is 4.50. The molecule has 2 aromatic rings. The maximum atomic E-state index is 13.8. The number of pyridine rings is 1. The monoisotopic (exact) mass is 243 g/mol. The van der Waals surface area contributed by atoms with Crippen molar-refractivity contribution >= 4 is 0 Å². The quantitative estimate of drug-likeness (QED) is 0.806.